The van der Waals surface area contributed by atoms with Gasteiger partial charge in [0, 0.05) is 32.7 Å². The third kappa shape index (κ3) is 4.05. The summed E-state index contributed by atoms with van der Waals surface area (Å²) in [5.41, 5.74) is 2.70. The van der Waals surface area contributed by atoms with Crippen LogP contribution in [-0.4, -0.2) is 55.5 Å². The molecule has 0 bridgehead atoms. The molecule has 5 heteroatoms. The minimum absolute atomic E-state index is 0.570. The van der Waals surface area contributed by atoms with Gasteiger partial charge < -0.3 is 9.80 Å². The Bertz CT molecular complexity index is 206. The fourth-order valence-electron chi connectivity index (χ4n) is 1.52. The molecule has 0 aromatic carbocycles. The lowest BCUT2D eigenvalue weighted by atomic mass is 10.2. The Hall–Kier alpha value is -0.810. The monoisotopic (exact) mass is 213 g/mol. The molecular weight excluding hydrogens is 190 g/mol. The topological polar surface area (TPSA) is 56.9 Å². The molecule has 0 spiro atoms. The minimum atomic E-state index is 0.570. The van der Waals surface area contributed by atoms with E-state index in [1.165, 1.54) is 0 Å². The quantitative estimate of drug-likeness (QED) is 0.286. The normalized spacial score (nSPS) is 19.8. The van der Waals surface area contributed by atoms with Crippen LogP contribution in [0.3, 0.4) is 0 Å². The molecule has 1 rings (SSSR count). The molecule has 0 saturated carbocycles. The van der Waals surface area contributed by atoms with Crippen molar-refractivity contribution in [1.82, 2.24) is 15.2 Å². The van der Waals surface area contributed by atoms with Crippen LogP contribution in [-0.2, 0) is 0 Å². The van der Waals surface area contributed by atoms with Gasteiger partial charge in [-0.2, -0.15) is 0 Å². The van der Waals surface area contributed by atoms with Gasteiger partial charge in [-0.25, -0.2) is 5.84 Å². The molecule has 0 atom stereocenters. The number of nitrogens with one attached hydrogen (secondary N) is 1. The first-order chi connectivity index (χ1) is 7.13. The van der Waals surface area contributed by atoms with Crippen molar-refractivity contribution in [3.63, 3.8) is 0 Å². The highest BCUT2D eigenvalue weighted by Crippen LogP contribution is 2.00. The van der Waals surface area contributed by atoms with Crippen LogP contribution in [0.25, 0.3) is 0 Å². The van der Waals surface area contributed by atoms with Gasteiger partial charge in [0.15, 0.2) is 0 Å². The molecule has 1 fully saturated rings. The summed E-state index contributed by atoms with van der Waals surface area (Å²) in [4.78, 5) is 9.00. The Morgan fingerprint density at radius 1 is 1.33 bits per heavy atom. The van der Waals surface area contributed by atoms with Crippen molar-refractivity contribution in [2.45, 2.75) is 13.8 Å². The molecule has 3 N–H and O–H groups in total. The summed E-state index contributed by atoms with van der Waals surface area (Å²) in [6.45, 7) is 9.27. The maximum Gasteiger partial charge on any atom is 0.208 e. The zero-order valence-corrected chi connectivity index (χ0v) is 10.0. The van der Waals surface area contributed by atoms with Crippen molar-refractivity contribution in [2.24, 2.45) is 16.8 Å². The summed E-state index contributed by atoms with van der Waals surface area (Å²) in [7, 11) is 2.14. The largest absolute Gasteiger partial charge is 0.339 e. The molecule has 1 heterocycles. The van der Waals surface area contributed by atoms with Crippen molar-refractivity contribution >= 4 is 5.96 Å². The van der Waals surface area contributed by atoms with Gasteiger partial charge in [-0.1, -0.05) is 13.8 Å². The molecule has 1 aliphatic rings. The molecule has 88 valence electrons. The second kappa shape index (κ2) is 5.92. The standard InChI is InChI=1S/C10H23N5/c1-9(2)8-12-10(13-11)15-6-4-14(3)5-7-15/h9H,4-8,11H2,1-3H3,(H,12,13). The van der Waals surface area contributed by atoms with E-state index in [0.29, 0.717) is 5.92 Å². The molecule has 1 saturated heterocycles. The average molecular weight is 213 g/mol. The molecule has 0 radical (unpaired) electrons. The van der Waals surface area contributed by atoms with Crippen molar-refractivity contribution in [3.05, 3.63) is 0 Å². The molecule has 5 nitrogen and oxygen atoms in total. The number of hydrogen-bond donors (Lipinski definition) is 2. The van der Waals surface area contributed by atoms with Gasteiger partial charge in [-0.15, -0.1) is 0 Å². The Morgan fingerprint density at radius 3 is 2.40 bits per heavy atom. The maximum absolute atomic E-state index is 5.49. The summed E-state index contributed by atoms with van der Waals surface area (Å²) >= 11 is 0. The van der Waals surface area contributed by atoms with E-state index >= 15 is 0 Å². The Morgan fingerprint density at radius 2 is 1.93 bits per heavy atom. The Balaban J connectivity index is 2.47. The summed E-state index contributed by atoms with van der Waals surface area (Å²) in [6.07, 6.45) is 0. The van der Waals surface area contributed by atoms with E-state index in [2.05, 4.69) is 41.1 Å². The number of aliphatic imine (C=N–C) groups is 1. The molecule has 0 aliphatic carbocycles. The minimum Gasteiger partial charge on any atom is -0.339 e. The number of hydrazine groups is 1. The predicted octanol–water partition coefficient (Wildman–Crippen LogP) is -0.291. The summed E-state index contributed by atoms with van der Waals surface area (Å²) < 4.78 is 0. The number of rotatable bonds is 2. The molecule has 1 aliphatic heterocycles. The Kier molecular flexibility index (Phi) is 4.84. The highest BCUT2D eigenvalue weighted by molar-refractivity contribution is 5.79. The van der Waals surface area contributed by atoms with Gasteiger partial charge >= 0.3 is 0 Å². The van der Waals surface area contributed by atoms with E-state index in [9.17, 15) is 0 Å². The second-order valence-electron chi connectivity index (χ2n) is 4.49. The van der Waals surface area contributed by atoms with Crippen LogP contribution in [0.5, 0.6) is 0 Å². The zero-order chi connectivity index (χ0) is 11.3. The average Bonchev–Trinajstić information content (AvgIpc) is 2.21. The molecule has 0 aromatic heterocycles. The SMILES string of the molecule is CC(C)CN=C(NN)N1CCN(C)CC1. The molecule has 0 amide bonds. The number of hydrogen-bond acceptors (Lipinski definition) is 3. The first-order valence-corrected chi connectivity index (χ1v) is 5.58. The van der Waals surface area contributed by atoms with Gasteiger partial charge in [0.2, 0.25) is 5.96 Å². The summed E-state index contributed by atoms with van der Waals surface area (Å²) in [6, 6.07) is 0. The van der Waals surface area contributed by atoms with Gasteiger partial charge in [0.05, 0.1) is 0 Å². The van der Waals surface area contributed by atoms with Crippen LogP contribution in [0.15, 0.2) is 4.99 Å². The molecule has 0 aromatic rings. The fraction of sp³-hybridized carbons (Fsp3) is 0.900. The van der Waals surface area contributed by atoms with E-state index in [-0.39, 0.29) is 0 Å². The molecular formula is C10H23N5. The van der Waals surface area contributed by atoms with E-state index in [1.54, 1.807) is 0 Å². The van der Waals surface area contributed by atoms with E-state index in [1.807, 2.05) is 0 Å². The summed E-state index contributed by atoms with van der Waals surface area (Å²) in [5.74, 6) is 6.89. The maximum atomic E-state index is 5.49. The van der Waals surface area contributed by atoms with Crippen molar-refractivity contribution < 1.29 is 0 Å². The highest BCUT2D eigenvalue weighted by atomic mass is 15.4. The summed E-state index contributed by atoms with van der Waals surface area (Å²) in [5, 5.41) is 0. The number of nitrogens with two attached hydrogens (primary N) is 1. The fourth-order valence-corrected chi connectivity index (χ4v) is 1.52. The smallest absolute Gasteiger partial charge is 0.208 e. The second-order valence-corrected chi connectivity index (χ2v) is 4.49. The third-order valence-corrected chi connectivity index (χ3v) is 2.54. The first kappa shape index (κ1) is 12.3. The lowest BCUT2D eigenvalue weighted by Crippen LogP contribution is -2.53. The first-order valence-electron chi connectivity index (χ1n) is 5.58. The lowest BCUT2D eigenvalue weighted by Gasteiger charge is -2.34. The van der Waals surface area contributed by atoms with Crippen LogP contribution >= 0.6 is 0 Å². The number of likely N-dealkylation sites (N-methyl/N-ethyl adjacent to an activating group) is 1. The van der Waals surface area contributed by atoms with E-state index in [4.69, 9.17) is 5.84 Å². The zero-order valence-electron chi connectivity index (χ0n) is 10.0. The number of piperazine rings is 1. The predicted molar refractivity (Wildman–Crippen MR) is 63.5 cm³/mol. The van der Waals surface area contributed by atoms with Crippen molar-refractivity contribution in [2.75, 3.05) is 39.8 Å². The van der Waals surface area contributed by atoms with Gasteiger partial charge in [-0.3, -0.25) is 10.4 Å². The van der Waals surface area contributed by atoms with Gasteiger partial charge in [0.25, 0.3) is 0 Å². The van der Waals surface area contributed by atoms with Crippen LogP contribution < -0.4 is 11.3 Å². The van der Waals surface area contributed by atoms with Crippen LogP contribution in [0, 0.1) is 5.92 Å². The van der Waals surface area contributed by atoms with Gasteiger partial charge in [-0.05, 0) is 13.0 Å². The van der Waals surface area contributed by atoms with Crippen molar-refractivity contribution in [3.8, 4) is 0 Å². The number of guanidine groups is 1. The third-order valence-electron chi connectivity index (χ3n) is 2.54. The number of nitrogens with zero attached hydrogens (tertiary/aromatic N) is 3. The molecule has 0 unspecified atom stereocenters. The highest BCUT2D eigenvalue weighted by Gasteiger charge is 2.16. The van der Waals surface area contributed by atoms with Crippen LogP contribution in [0.1, 0.15) is 13.8 Å². The van der Waals surface area contributed by atoms with Crippen LogP contribution in [0.2, 0.25) is 0 Å². The lowest BCUT2D eigenvalue weighted by molar-refractivity contribution is 0.211. The Labute approximate surface area is 92.3 Å². The van der Waals surface area contributed by atoms with E-state index in [0.717, 1.165) is 38.7 Å². The van der Waals surface area contributed by atoms with Gasteiger partial charge in [0.1, 0.15) is 0 Å². The van der Waals surface area contributed by atoms with Crippen LogP contribution in [0.4, 0.5) is 0 Å². The molecule has 15 heavy (non-hydrogen) atoms. The van der Waals surface area contributed by atoms with Crippen molar-refractivity contribution in [1.29, 1.82) is 0 Å². The van der Waals surface area contributed by atoms with E-state index < -0.39 is 0 Å².